The maximum Gasteiger partial charge on any atom is 0.253 e. The second kappa shape index (κ2) is 5.46. The first-order chi connectivity index (χ1) is 8.15. The molecule has 1 aromatic heterocycles. The molecule has 2 heterocycles. The Balaban J connectivity index is 2.09. The molecular formula is C10H12ClN3O2S. The third-order valence-corrected chi connectivity index (χ3v) is 3.85. The third kappa shape index (κ3) is 3.41. The minimum Gasteiger partial charge on any atom is -0.383 e. The molecule has 7 heteroatoms. The lowest BCUT2D eigenvalue weighted by atomic mass is 9.92. The summed E-state index contributed by atoms with van der Waals surface area (Å²) in [5.41, 5.74) is 0.714. The van der Waals surface area contributed by atoms with E-state index in [-0.39, 0.29) is 5.92 Å². The molecule has 5 nitrogen and oxygen atoms in total. The van der Waals surface area contributed by atoms with Crippen LogP contribution in [0.5, 0.6) is 0 Å². The zero-order chi connectivity index (χ0) is 12.3. The van der Waals surface area contributed by atoms with Gasteiger partial charge in [0.15, 0.2) is 4.47 Å². The fraction of sp³-hybridized carbons (Fsp3) is 0.500. The number of rotatable bonds is 3. The van der Waals surface area contributed by atoms with Gasteiger partial charge in [-0.2, -0.15) is 0 Å². The smallest absolute Gasteiger partial charge is 0.253 e. The van der Waals surface area contributed by atoms with Crippen LogP contribution in [0.3, 0.4) is 0 Å². The Morgan fingerprint density at radius 3 is 3.24 bits per heavy atom. The first-order valence-corrected chi connectivity index (χ1v) is 6.54. The van der Waals surface area contributed by atoms with E-state index < -0.39 is 4.92 Å². The van der Waals surface area contributed by atoms with Crippen LogP contribution in [0.25, 0.3) is 0 Å². The van der Waals surface area contributed by atoms with Gasteiger partial charge in [-0.15, -0.1) is 11.3 Å². The maximum absolute atomic E-state index is 10.5. The summed E-state index contributed by atoms with van der Waals surface area (Å²) in [6, 6.07) is 0. The molecule has 1 saturated heterocycles. The van der Waals surface area contributed by atoms with E-state index in [4.69, 9.17) is 11.6 Å². The van der Waals surface area contributed by atoms with E-state index in [1.54, 1.807) is 6.20 Å². The Morgan fingerprint density at radius 2 is 2.59 bits per heavy atom. The van der Waals surface area contributed by atoms with Crippen molar-refractivity contribution in [1.29, 1.82) is 0 Å². The molecule has 2 rings (SSSR count). The lowest BCUT2D eigenvalue weighted by Crippen LogP contribution is -2.29. The van der Waals surface area contributed by atoms with Crippen molar-refractivity contribution in [2.24, 2.45) is 5.92 Å². The highest BCUT2D eigenvalue weighted by Crippen LogP contribution is 2.27. The SMILES string of the molecule is O=[N+]([O-])/C=C1\NCCCC1Cc1cnc(Cl)s1. The predicted molar refractivity (Wildman–Crippen MR) is 66.6 cm³/mol. The van der Waals surface area contributed by atoms with Crippen molar-refractivity contribution in [3.05, 3.63) is 37.6 Å². The van der Waals surface area contributed by atoms with Gasteiger partial charge >= 0.3 is 0 Å². The summed E-state index contributed by atoms with van der Waals surface area (Å²) in [4.78, 5) is 15.2. The van der Waals surface area contributed by atoms with E-state index in [9.17, 15) is 10.1 Å². The number of hydrogen-bond donors (Lipinski definition) is 1. The van der Waals surface area contributed by atoms with Gasteiger partial charge in [-0.05, 0) is 19.3 Å². The fourth-order valence-electron chi connectivity index (χ4n) is 1.98. The average Bonchev–Trinajstić information content (AvgIpc) is 2.66. The van der Waals surface area contributed by atoms with Crippen molar-refractivity contribution < 1.29 is 4.92 Å². The molecule has 0 radical (unpaired) electrons. The average molecular weight is 274 g/mol. The number of piperidine rings is 1. The number of nitrogens with zero attached hydrogens (tertiary/aromatic N) is 2. The molecule has 0 aliphatic carbocycles. The summed E-state index contributed by atoms with van der Waals surface area (Å²) in [7, 11) is 0. The van der Waals surface area contributed by atoms with Crippen molar-refractivity contribution in [3.63, 3.8) is 0 Å². The topological polar surface area (TPSA) is 68.1 Å². The lowest BCUT2D eigenvalue weighted by Gasteiger charge is -2.24. The molecule has 17 heavy (non-hydrogen) atoms. The van der Waals surface area contributed by atoms with E-state index in [2.05, 4.69) is 10.3 Å². The molecule has 0 amide bonds. The second-order valence-corrected chi connectivity index (χ2v) is 5.62. The molecule has 1 aromatic rings. The van der Waals surface area contributed by atoms with Crippen LogP contribution in [0.4, 0.5) is 0 Å². The molecule has 0 aromatic carbocycles. The van der Waals surface area contributed by atoms with Gasteiger partial charge in [-0.1, -0.05) is 11.6 Å². The highest BCUT2D eigenvalue weighted by atomic mass is 35.5. The van der Waals surface area contributed by atoms with E-state index in [0.717, 1.165) is 36.9 Å². The lowest BCUT2D eigenvalue weighted by molar-refractivity contribution is -0.404. The van der Waals surface area contributed by atoms with Crippen molar-refractivity contribution in [2.45, 2.75) is 19.3 Å². The zero-order valence-electron chi connectivity index (χ0n) is 9.06. The first-order valence-electron chi connectivity index (χ1n) is 5.34. The van der Waals surface area contributed by atoms with Gasteiger partial charge in [0.25, 0.3) is 6.20 Å². The molecule has 1 fully saturated rings. The van der Waals surface area contributed by atoms with Crippen LogP contribution in [0.15, 0.2) is 18.1 Å². The summed E-state index contributed by atoms with van der Waals surface area (Å²) in [6.45, 7) is 0.805. The predicted octanol–water partition coefficient (Wildman–Crippen LogP) is 2.46. The third-order valence-electron chi connectivity index (χ3n) is 2.72. The molecule has 0 bridgehead atoms. The number of hydrogen-bond acceptors (Lipinski definition) is 5. The molecule has 1 unspecified atom stereocenters. The number of aromatic nitrogens is 1. The molecule has 1 atom stereocenters. The Bertz CT molecular complexity index is 447. The summed E-state index contributed by atoms with van der Waals surface area (Å²) in [5.74, 6) is 0.172. The number of nitrogens with one attached hydrogen (secondary N) is 1. The van der Waals surface area contributed by atoms with Crippen molar-refractivity contribution in [2.75, 3.05) is 6.54 Å². The molecular weight excluding hydrogens is 262 g/mol. The van der Waals surface area contributed by atoms with E-state index >= 15 is 0 Å². The van der Waals surface area contributed by atoms with Gasteiger partial charge < -0.3 is 5.32 Å². The van der Waals surface area contributed by atoms with Gasteiger partial charge in [0.05, 0.1) is 10.6 Å². The Labute approximate surface area is 108 Å². The van der Waals surface area contributed by atoms with Crippen LogP contribution in [0, 0.1) is 16.0 Å². The molecule has 1 aliphatic heterocycles. The van der Waals surface area contributed by atoms with Crippen LogP contribution >= 0.6 is 22.9 Å². The van der Waals surface area contributed by atoms with Gasteiger partial charge in [-0.25, -0.2) is 4.98 Å². The monoisotopic (exact) mass is 273 g/mol. The van der Waals surface area contributed by atoms with Gasteiger partial charge in [0, 0.05) is 23.5 Å². The maximum atomic E-state index is 10.5. The molecule has 0 spiro atoms. The Kier molecular flexibility index (Phi) is 3.96. The fourth-order valence-corrected chi connectivity index (χ4v) is 3.04. The normalized spacial score (nSPS) is 22.4. The summed E-state index contributed by atoms with van der Waals surface area (Å²) >= 11 is 7.20. The number of allylic oxidation sites excluding steroid dienone is 1. The van der Waals surface area contributed by atoms with Gasteiger partial charge in [0.1, 0.15) is 0 Å². The minimum absolute atomic E-state index is 0.172. The van der Waals surface area contributed by atoms with Gasteiger partial charge in [0.2, 0.25) is 0 Å². The summed E-state index contributed by atoms with van der Waals surface area (Å²) in [6.07, 6.45) is 5.57. The van der Waals surface area contributed by atoms with Crippen LogP contribution in [0.1, 0.15) is 17.7 Å². The van der Waals surface area contributed by atoms with E-state index in [1.165, 1.54) is 11.3 Å². The largest absolute Gasteiger partial charge is 0.383 e. The second-order valence-electron chi connectivity index (χ2n) is 3.92. The Hall–Kier alpha value is -1.14. The highest BCUT2D eigenvalue weighted by molar-refractivity contribution is 7.15. The Morgan fingerprint density at radius 1 is 1.76 bits per heavy atom. The number of nitro groups is 1. The van der Waals surface area contributed by atoms with Crippen molar-refractivity contribution in [1.82, 2.24) is 10.3 Å². The quantitative estimate of drug-likeness (QED) is 0.678. The highest BCUT2D eigenvalue weighted by Gasteiger charge is 2.22. The van der Waals surface area contributed by atoms with Crippen LogP contribution < -0.4 is 5.32 Å². The van der Waals surface area contributed by atoms with Crippen LogP contribution in [-0.4, -0.2) is 16.5 Å². The summed E-state index contributed by atoms with van der Waals surface area (Å²) < 4.78 is 0.517. The minimum atomic E-state index is -0.402. The summed E-state index contributed by atoms with van der Waals surface area (Å²) in [5, 5.41) is 13.6. The first kappa shape index (κ1) is 12.3. The van der Waals surface area contributed by atoms with E-state index in [0.29, 0.717) is 10.2 Å². The van der Waals surface area contributed by atoms with Crippen LogP contribution in [0.2, 0.25) is 4.47 Å². The molecule has 0 saturated carbocycles. The van der Waals surface area contributed by atoms with Gasteiger partial charge in [-0.3, -0.25) is 10.1 Å². The molecule has 1 aliphatic rings. The van der Waals surface area contributed by atoms with Crippen molar-refractivity contribution in [3.8, 4) is 0 Å². The number of halogens is 1. The van der Waals surface area contributed by atoms with Crippen molar-refractivity contribution >= 4 is 22.9 Å². The van der Waals surface area contributed by atoms with Crippen LogP contribution in [-0.2, 0) is 6.42 Å². The zero-order valence-corrected chi connectivity index (χ0v) is 10.6. The number of thiazole rings is 1. The molecule has 92 valence electrons. The van der Waals surface area contributed by atoms with E-state index in [1.807, 2.05) is 0 Å². The standard InChI is InChI=1S/C10H12ClN3O2S/c11-10-13-5-8(17-10)4-7-2-1-3-12-9(7)6-14(15)16/h5-7,12H,1-4H2/b9-6-. The molecule has 1 N–H and O–H groups in total.